The van der Waals surface area contributed by atoms with Crippen molar-refractivity contribution in [3.05, 3.63) is 24.0 Å². The SMILES string of the molecule is CCN(CCC(=O)O)C(=O)c1ncccc1OC(C)C. The molecule has 0 aliphatic carbocycles. The van der Waals surface area contributed by atoms with Crippen LogP contribution in [0.1, 0.15) is 37.7 Å². The molecule has 0 bridgehead atoms. The van der Waals surface area contributed by atoms with Gasteiger partial charge in [-0.15, -0.1) is 0 Å². The van der Waals surface area contributed by atoms with Gasteiger partial charge in [-0.3, -0.25) is 9.59 Å². The molecule has 0 unspecified atom stereocenters. The topological polar surface area (TPSA) is 79.7 Å². The van der Waals surface area contributed by atoms with Crippen LogP contribution in [-0.2, 0) is 4.79 Å². The number of hydrogen-bond acceptors (Lipinski definition) is 4. The van der Waals surface area contributed by atoms with Gasteiger partial charge in [-0.05, 0) is 32.9 Å². The summed E-state index contributed by atoms with van der Waals surface area (Å²) in [5, 5.41) is 8.71. The highest BCUT2D eigenvalue weighted by atomic mass is 16.5. The number of carbonyl (C=O) groups is 2. The van der Waals surface area contributed by atoms with E-state index < -0.39 is 5.97 Å². The van der Waals surface area contributed by atoms with Gasteiger partial charge in [0.15, 0.2) is 11.4 Å². The zero-order chi connectivity index (χ0) is 15.1. The third kappa shape index (κ3) is 4.53. The summed E-state index contributed by atoms with van der Waals surface area (Å²) in [7, 11) is 0. The molecule has 0 saturated carbocycles. The first kappa shape index (κ1) is 15.9. The smallest absolute Gasteiger partial charge is 0.305 e. The van der Waals surface area contributed by atoms with Gasteiger partial charge in [-0.2, -0.15) is 0 Å². The van der Waals surface area contributed by atoms with Crippen molar-refractivity contribution in [3.63, 3.8) is 0 Å². The molecular formula is C14H20N2O4. The van der Waals surface area contributed by atoms with E-state index in [1.54, 1.807) is 19.1 Å². The lowest BCUT2D eigenvalue weighted by Crippen LogP contribution is -2.33. The molecule has 1 aromatic rings. The first-order chi connectivity index (χ1) is 9.45. The van der Waals surface area contributed by atoms with Crippen LogP contribution in [0.2, 0.25) is 0 Å². The van der Waals surface area contributed by atoms with E-state index in [-0.39, 0.29) is 30.7 Å². The molecule has 0 saturated heterocycles. The number of amides is 1. The summed E-state index contributed by atoms with van der Waals surface area (Å²) >= 11 is 0. The number of hydrogen-bond donors (Lipinski definition) is 1. The van der Waals surface area contributed by atoms with Gasteiger partial charge in [-0.1, -0.05) is 0 Å². The van der Waals surface area contributed by atoms with Crippen molar-refractivity contribution in [1.29, 1.82) is 0 Å². The quantitative estimate of drug-likeness (QED) is 0.824. The minimum Gasteiger partial charge on any atom is -0.489 e. The first-order valence-electron chi connectivity index (χ1n) is 6.58. The van der Waals surface area contributed by atoms with Crippen molar-refractivity contribution in [1.82, 2.24) is 9.88 Å². The molecule has 6 nitrogen and oxygen atoms in total. The second kappa shape index (κ2) is 7.47. The monoisotopic (exact) mass is 280 g/mol. The molecule has 0 aliphatic heterocycles. The maximum Gasteiger partial charge on any atom is 0.305 e. The summed E-state index contributed by atoms with van der Waals surface area (Å²) in [5.41, 5.74) is 0.216. The Balaban J connectivity index is 2.91. The van der Waals surface area contributed by atoms with Crippen LogP contribution in [0.5, 0.6) is 5.75 Å². The number of carboxylic acids is 1. The zero-order valence-corrected chi connectivity index (χ0v) is 12.0. The van der Waals surface area contributed by atoms with E-state index in [1.165, 1.54) is 11.1 Å². The van der Waals surface area contributed by atoms with Gasteiger partial charge in [0, 0.05) is 19.3 Å². The highest BCUT2D eigenvalue weighted by molar-refractivity contribution is 5.95. The highest BCUT2D eigenvalue weighted by Crippen LogP contribution is 2.19. The summed E-state index contributed by atoms with van der Waals surface area (Å²) in [5.74, 6) is -0.831. The maximum absolute atomic E-state index is 12.4. The molecular weight excluding hydrogens is 260 g/mol. The highest BCUT2D eigenvalue weighted by Gasteiger charge is 2.21. The Bertz CT molecular complexity index is 474. The Morgan fingerprint density at radius 2 is 2.15 bits per heavy atom. The van der Waals surface area contributed by atoms with E-state index >= 15 is 0 Å². The van der Waals surface area contributed by atoms with E-state index in [1.807, 2.05) is 13.8 Å². The standard InChI is InChI=1S/C14H20N2O4/c1-4-16(9-7-12(17)18)14(19)13-11(20-10(2)3)6-5-8-15-13/h5-6,8,10H,4,7,9H2,1-3H3,(H,17,18). The lowest BCUT2D eigenvalue weighted by Gasteiger charge is -2.21. The summed E-state index contributed by atoms with van der Waals surface area (Å²) in [6.45, 7) is 6.10. The van der Waals surface area contributed by atoms with E-state index in [0.29, 0.717) is 12.3 Å². The number of aromatic nitrogens is 1. The summed E-state index contributed by atoms with van der Waals surface area (Å²) < 4.78 is 5.56. The molecule has 1 heterocycles. The van der Waals surface area contributed by atoms with Crippen molar-refractivity contribution >= 4 is 11.9 Å². The minimum atomic E-state index is -0.934. The van der Waals surface area contributed by atoms with E-state index in [9.17, 15) is 9.59 Å². The zero-order valence-electron chi connectivity index (χ0n) is 12.0. The van der Waals surface area contributed by atoms with Crippen LogP contribution in [0.4, 0.5) is 0 Å². The summed E-state index contributed by atoms with van der Waals surface area (Å²) in [6, 6.07) is 3.38. The van der Waals surface area contributed by atoms with Gasteiger partial charge < -0.3 is 14.7 Å². The fourth-order valence-electron chi connectivity index (χ4n) is 1.68. The fourth-order valence-corrected chi connectivity index (χ4v) is 1.68. The summed E-state index contributed by atoms with van der Waals surface area (Å²) in [4.78, 5) is 28.5. The third-order valence-electron chi connectivity index (χ3n) is 2.60. The Kier molecular flexibility index (Phi) is 5.96. The van der Waals surface area contributed by atoms with E-state index in [2.05, 4.69) is 4.98 Å². The predicted octanol–water partition coefficient (Wildman–Crippen LogP) is 1.81. The van der Waals surface area contributed by atoms with Crippen molar-refractivity contribution < 1.29 is 19.4 Å². The number of aliphatic carboxylic acids is 1. The van der Waals surface area contributed by atoms with E-state index in [0.717, 1.165) is 0 Å². The van der Waals surface area contributed by atoms with Gasteiger partial charge in [0.1, 0.15) is 0 Å². The molecule has 1 N–H and O–H groups in total. The van der Waals surface area contributed by atoms with Crippen LogP contribution >= 0.6 is 0 Å². The van der Waals surface area contributed by atoms with Crippen LogP contribution in [0.25, 0.3) is 0 Å². The van der Waals surface area contributed by atoms with Crippen LogP contribution < -0.4 is 4.74 Å². The molecule has 0 fully saturated rings. The fraction of sp³-hybridized carbons (Fsp3) is 0.500. The molecule has 0 radical (unpaired) electrons. The van der Waals surface area contributed by atoms with Gasteiger partial charge in [-0.25, -0.2) is 4.98 Å². The Labute approximate surface area is 118 Å². The average molecular weight is 280 g/mol. The van der Waals surface area contributed by atoms with Gasteiger partial charge in [0.2, 0.25) is 0 Å². The van der Waals surface area contributed by atoms with Crippen LogP contribution in [0.15, 0.2) is 18.3 Å². The molecule has 1 rings (SSSR count). The molecule has 0 spiro atoms. The van der Waals surface area contributed by atoms with Gasteiger partial charge >= 0.3 is 5.97 Å². The number of ether oxygens (including phenoxy) is 1. The Morgan fingerprint density at radius 3 is 2.70 bits per heavy atom. The number of pyridine rings is 1. The second-order valence-corrected chi connectivity index (χ2v) is 4.55. The molecule has 110 valence electrons. The minimum absolute atomic E-state index is 0.0696. The largest absolute Gasteiger partial charge is 0.489 e. The Morgan fingerprint density at radius 1 is 1.45 bits per heavy atom. The molecule has 0 atom stereocenters. The van der Waals surface area contributed by atoms with Crippen molar-refractivity contribution in [3.8, 4) is 5.75 Å². The van der Waals surface area contributed by atoms with Crippen molar-refractivity contribution in [2.45, 2.75) is 33.3 Å². The predicted molar refractivity (Wildman–Crippen MR) is 73.8 cm³/mol. The normalized spacial score (nSPS) is 10.4. The van der Waals surface area contributed by atoms with Gasteiger partial charge in [0.25, 0.3) is 5.91 Å². The lowest BCUT2D eigenvalue weighted by atomic mass is 10.2. The maximum atomic E-state index is 12.4. The average Bonchev–Trinajstić information content (AvgIpc) is 2.38. The van der Waals surface area contributed by atoms with Crippen LogP contribution in [0.3, 0.4) is 0 Å². The molecule has 0 aliphatic rings. The van der Waals surface area contributed by atoms with Crippen LogP contribution in [0, 0.1) is 0 Å². The van der Waals surface area contributed by atoms with Crippen LogP contribution in [-0.4, -0.2) is 46.1 Å². The lowest BCUT2D eigenvalue weighted by molar-refractivity contribution is -0.137. The second-order valence-electron chi connectivity index (χ2n) is 4.55. The number of nitrogens with zero attached hydrogens (tertiary/aromatic N) is 2. The van der Waals surface area contributed by atoms with Crippen molar-refractivity contribution in [2.24, 2.45) is 0 Å². The van der Waals surface area contributed by atoms with Gasteiger partial charge in [0.05, 0.1) is 12.5 Å². The molecule has 0 aromatic carbocycles. The molecule has 1 aromatic heterocycles. The van der Waals surface area contributed by atoms with Crippen molar-refractivity contribution in [2.75, 3.05) is 13.1 Å². The summed E-state index contributed by atoms with van der Waals surface area (Å²) in [6.07, 6.45) is 1.36. The number of rotatable bonds is 7. The molecule has 6 heteroatoms. The molecule has 1 amide bonds. The molecule has 20 heavy (non-hydrogen) atoms. The first-order valence-corrected chi connectivity index (χ1v) is 6.58. The number of carbonyl (C=O) groups excluding carboxylic acids is 1. The van der Waals surface area contributed by atoms with E-state index in [4.69, 9.17) is 9.84 Å². The third-order valence-corrected chi connectivity index (χ3v) is 2.60. The number of carboxylic acid groups (broad SMARTS) is 1. The Hall–Kier alpha value is -2.11.